The largest absolute Gasteiger partial charge is 0.349 e. The van der Waals surface area contributed by atoms with Crippen LogP contribution in [-0.4, -0.2) is 49.5 Å². The third-order valence-electron chi connectivity index (χ3n) is 1.92. The van der Waals surface area contributed by atoms with Gasteiger partial charge in [0, 0.05) is 26.2 Å². The van der Waals surface area contributed by atoms with Crippen molar-refractivity contribution in [1.82, 2.24) is 15.5 Å². The van der Waals surface area contributed by atoms with E-state index in [9.17, 15) is 0 Å². The van der Waals surface area contributed by atoms with Crippen molar-refractivity contribution >= 4 is 17.3 Å². The van der Waals surface area contributed by atoms with Crippen LogP contribution in [0.25, 0.3) is 0 Å². The van der Waals surface area contributed by atoms with Gasteiger partial charge in [-0.15, -0.1) is 6.42 Å². The van der Waals surface area contributed by atoms with Crippen molar-refractivity contribution in [3.05, 3.63) is 0 Å². The lowest BCUT2D eigenvalue weighted by molar-refractivity contribution is 0.158. The number of hydrogen-bond donors (Lipinski definition) is 2. The van der Waals surface area contributed by atoms with Crippen molar-refractivity contribution in [2.24, 2.45) is 0 Å². The van der Waals surface area contributed by atoms with E-state index < -0.39 is 0 Å². The second-order valence-corrected chi connectivity index (χ2v) is 3.30. The molecule has 0 aromatic heterocycles. The van der Waals surface area contributed by atoms with Crippen molar-refractivity contribution in [2.75, 3.05) is 39.5 Å². The molecule has 1 saturated heterocycles. The summed E-state index contributed by atoms with van der Waals surface area (Å²) in [5.41, 5.74) is 0. The Balaban J connectivity index is 2.11. The van der Waals surface area contributed by atoms with E-state index in [2.05, 4.69) is 21.5 Å². The third-order valence-corrected chi connectivity index (χ3v) is 2.32. The maximum absolute atomic E-state index is 5.18. The van der Waals surface area contributed by atoms with Crippen LogP contribution in [0.3, 0.4) is 0 Å². The van der Waals surface area contributed by atoms with Crippen LogP contribution in [0, 0.1) is 12.3 Å². The van der Waals surface area contributed by atoms with Gasteiger partial charge in [0.1, 0.15) is 13.3 Å². The van der Waals surface area contributed by atoms with Gasteiger partial charge in [-0.25, -0.2) is 0 Å². The van der Waals surface area contributed by atoms with Crippen molar-refractivity contribution < 1.29 is 4.74 Å². The summed E-state index contributed by atoms with van der Waals surface area (Å²) in [6.45, 7) is 4.55. The summed E-state index contributed by atoms with van der Waals surface area (Å²) in [6, 6.07) is 0. The average molecular weight is 213 g/mol. The Labute approximate surface area is 90.0 Å². The number of terminal acetylenes is 1. The van der Waals surface area contributed by atoms with Crippen LogP contribution < -0.4 is 10.6 Å². The van der Waals surface area contributed by atoms with Crippen LogP contribution >= 0.6 is 12.2 Å². The van der Waals surface area contributed by atoms with E-state index in [0.29, 0.717) is 13.3 Å². The molecule has 0 aromatic rings. The molecule has 2 N–H and O–H groups in total. The molecule has 1 aliphatic rings. The van der Waals surface area contributed by atoms with Gasteiger partial charge in [-0.1, -0.05) is 5.92 Å². The Kier molecular flexibility index (Phi) is 5.30. The number of piperazine rings is 1. The van der Waals surface area contributed by atoms with Crippen molar-refractivity contribution in [3.63, 3.8) is 0 Å². The lowest BCUT2D eigenvalue weighted by Crippen LogP contribution is -2.50. The van der Waals surface area contributed by atoms with Crippen molar-refractivity contribution in [2.45, 2.75) is 0 Å². The highest BCUT2D eigenvalue weighted by molar-refractivity contribution is 7.80. The second-order valence-electron chi connectivity index (χ2n) is 2.92. The zero-order valence-electron chi connectivity index (χ0n) is 8.08. The maximum atomic E-state index is 5.18. The van der Waals surface area contributed by atoms with E-state index in [1.54, 1.807) is 0 Å². The monoisotopic (exact) mass is 213 g/mol. The Morgan fingerprint density at radius 2 is 2.29 bits per heavy atom. The van der Waals surface area contributed by atoms with E-state index >= 15 is 0 Å². The number of nitrogens with one attached hydrogen (secondary N) is 2. The van der Waals surface area contributed by atoms with Gasteiger partial charge >= 0.3 is 0 Å². The van der Waals surface area contributed by atoms with Gasteiger partial charge < -0.3 is 20.3 Å². The van der Waals surface area contributed by atoms with E-state index in [1.807, 2.05) is 0 Å². The molecule has 1 aliphatic heterocycles. The van der Waals surface area contributed by atoms with E-state index in [4.69, 9.17) is 23.4 Å². The average Bonchev–Trinajstić information content (AvgIpc) is 2.25. The number of hydrogen-bond acceptors (Lipinski definition) is 3. The molecule has 1 fully saturated rings. The summed E-state index contributed by atoms with van der Waals surface area (Å²) >= 11 is 5.18. The normalized spacial score (nSPS) is 16.1. The molecule has 0 atom stereocenters. The second kappa shape index (κ2) is 6.60. The summed E-state index contributed by atoms with van der Waals surface area (Å²) in [4.78, 5) is 2.12. The van der Waals surface area contributed by atoms with Gasteiger partial charge in [-0.3, -0.25) is 0 Å². The molecule has 0 aromatic carbocycles. The quantitative estimate of drug-likeness (QED) is 0.283. The molecule has 1 rings (SSSR count). The molecule has 0 saturated carbocycles. The van der Waals surface area contributed by atoms with E-state index in [1.165, 1.54) is 0 Å². The SMILES string of the molecule is C#CCOCNC(=S)N1CCNCC1. The number of rotatable bonds is 3. The van der Waals surface area contributed by atoms with Gasteiger partial charge in [0.2, 0.25) is 0 Å². The first-order valence-corrected chi connectivity index (χ1v) is 5.00. The topological polar surface area (TPSA) is 36.5 Å². The molecule has 0 bridgehead atoms. The first-order chi connectivity index (χ1) is 6.84. The standard InChI is InChI=1S/C9H15N3OS/c1-2-7-13-8-11-9(14)12-5-3-10-4-6-12/h1,10H,3-8H2,(H,11,14). The van der Waals surface area contributed by atoms with Gasteiger partial charge in [-0.05, 0) is 12.2 Å². The molecule has 0 radical (unpaired) electrons. The highest BCUT2D eigenvalue weighted by Gasteiger charge is 2.11. The lowest BCUT2D eigenvalue weighted by atomic mass is 10.4. The molecule has 4 nitrogen and oxygen atoms in total. The molecule has 14 heavy (non-hydrogen) atoms. The van der Waals surface area contributed by atoms with Crippen LogP contribution in [0.15, 0.2) is 0 Å². The summed E-state index contributed by atoms with van der Waals surface area (Å²) in [6.07, 6.45) is 5.03. The summed E-state index contributed by atoms with van der Waals surface area (Å²) in [5, 5.41) is 7.00. The van der Waals surface area contributed by atoms with Crippen LogP contribution in [-0.2, 0) is 4.74 Å². The molecule has 0 spiro atoms. The minimum Gasteiger partial charge on any atom is -0.349 e. The molecule has 1 heterocycles. The van der Waals surface area contributed by atoms with Gasteiger partial charge in [0.25, 0.3) is 0 Å². The fourth-order valence-corrected chi connectivity index (χ4v) is 1.44. The number of thiocarbonyl (C=S) groups is 1. The predicted molar refractivity (Wildman–Crippen MR) is 59.8 cm³/mol. The Morgan fingerprint density at radius 1 is 1.57 bits per heavy atom. The summed E-state index contributed by atoms with van der Waals surface area (Å²) < 4.78 is 5.07. The lowest BCUT2D eigenvalue weighted by Gasteiger charge is -2.29. The van der Waals surface area contributed by atoms with Crippen molar-refractivity contribution in [3.8, 4) is 12.3 Å². The van der Waals surface area contributed by atoms with Crippen LogP contribution in [0.4, 0.5) is 0 Å². The Morgan fingerprint density at radius 3 is 2.93 bits per heavy atom. The molecular weight excluding hydrogens is 198 g/mol. The third kappa shape index (κ3) is 3.92. The van der Waals surface area contributed by atoms with Gasteiger partial charge in [0.05, 0.1) is 0 Å². The highest BCUT2D eigenvalue weighted by Crippen LogP contribution is 1.92. The van der Waals surface area contributed by atoms with E-state index in [0.717, 1.165) is 31.3 Å². The van der Waals surface area contributed by atoms with Crippen LogP contribution in [0.5, 0.6) is 0 Å². The first kappa shape index (κ1) is 11.2. The smallest absolute Gasteiger partial charge is 0.170 e. The molecule has 0 aliphatic carbocycles. The minimum atomic E-state index is 0.317. The predicted octanol–water partition coefficient (Wildman–Crippen LogP) is -0.627. The van der Waals surface area contributed by atoms with Gasteiger partial charge in [-0.2, -0.15) is 0 Å². The highest BCUT2D eigenvalue weighted by atomic mass is 32.1. The fraction of sp³-hybridized carbons (Fsp3) is 0.667. The van der Waals surface area contributed by atoms with Crippen LogP contribution in [0.1, 0.15) is 0 Å². The van der Waals surface area contributed by atoms with Crippen LogP contribution in [0.2, 0.25) is 0 Å². The maximum Gasteiger partial charge on any atom is 0.170 e. The minimum absolute atomic E-state index is 0.317. The zero-order chi connectivity index (χ0) is 10.2. The van der Waals surface area contributed by atoms with Gasteiger partial charge in [0.15, 0.2) is 5.11 Å². The van der Waals surface area contributed by atoms with Crippen molar-refractivity contribution in [1.29, 1.82) is 0 Å². The molecule has 78 valence electrons. The summed E-state index contributed by atoms with van der Waals surface area (Å²) in [7, 11) is 0. The first-order valence-electron chi connectivity index (χ1n) is 4.59. The molecular formula is C9H15N3OS. The molecule has 0 unspecified atom stereocenters. The van der Waals surface area contributed by atoms with E-state index in [-0.39, 0.29) is 0 Å². The fourth-order valence-electron chi connectivity index (χ4n) is 1.20. The number of nitrogens with zero attached hydrogens (tertiary/aromatic N) is 1. The number of ether oxygens (including phenoxy) is 1. The Bertz CT molecular complexity index is 221. The zero-order valence-corrected chi connectivity index (χ0v) is 8.90. The Hall–Kier alpha value is -0.830. The molecule has 0 amide bonds. The summed E-state index contributed by atoms with van der Waals surface area (Å²) in [5.74, 6) is 2.39. The molecule has 5 heteroatoms.